The SMILES string of the molecule is CC.CC.CC(=O)c1ccccc1CN. The highest BCUT2D eigenvalue weighted by atomic mass is 16.1. The van der Waals surface area contributed by atoms with Crippen LogP contribution in [0.3, 0.4) is 0 Å². The predicted octanol–water partition coefficient (Wildman–Crippen LogP) is 3.40. The number of ketones is 1. The third kappa shape index (κ3) is 6.02. The van der Waals surface area contributed by atoms with E-state index in [1.54, 1.807) is 13.0 Å². The minimum atomic E-state index is 0.0750. The van der Waals surface area contributed by atoms with Crippen LogP contribution in [0.1, 0.15) is 50.5 Å². The molecular weight excluding hydrogens is 186 g/mol. The van der Waals surface area contributed by atoms with Gasteiger partial charge in [-0.25, -0.2) is 0 Å². The number of carbonyl (C=O) groups is 1. The van der Waals surface area contributed by atoms with E-state index < -0.39 is 0 Å². The van der Waals surface area contributed by atoms with Crippen LogP contribution in [0.2, 0.25) is 0 Å². The molecule has 2 heteroatoms. The molecule has 0 aliphatic rings. The molecule has 15 heavy (non-hydrogen) atoms. The molecule has 0 fully saturated rings. The van der Waals surface area contributed by atoms with E-state index in [0.29, 0.717) is 6.54 Å². The van der Waals surface area contributed by atoms with Gasteiger partial charge in [0.15, 0.2) is 5.78 Å². The second kappa shape index (κ2) is 10.9. The van der Waals surface area contributed by atoms with Crippen molar-refractivity contribution in [3.05, 3.63) is 35.4 Å². The van der Waals surface area contributed by atoms with Crippen molar-refractivity contribution in [3.63, 3.8) is 0 Å². The van der Waals surface area contributed by atoms with E-state index in [-0.39, 0.29) is 5.78 Å². The fraction of sp³-hybridized carbons (Fsp3) is 0.462. The molecule has 1 aromatic rings. The Hall–Kier alpha value is -1.15. The molecule has 0 aliphatic heterocycles. The average Bonchev–Trinajstić information content (AvgIpc) is 2.34. The first-order valence-electron chi connectivity index (χ1n) is 5.54. The number of carbonyl (C=O) groups excluding carboxylic acids is 1. The van der Waals surface area contributed by atoms with Crippen molar-refractivity contribution in [2.75, 3.05) is 0 Å². The topological polar surface area (TPSA) is 43.1 Å². The number of nitrogens with two attached hydrogens (primary N) is 1. The van der Waals surface area contributed by atoms with Gasteiger partial charge >= 0.3 is 0 Å². The highest BCUT2D eigenvalue weighted by Crippen LogP contribution is 2.07. The Morgan fingerprint density at radius 2 is 1.60 bits per heavy atom. The molecule has 1 rings (SSSR count). The first-order chi connectivity index (χ1) is 7.25. The number of Topliss-reactive ketones (excluding diaryl/α,β-unsaturated/α-hetero) is 1. The van der Waals surface area contributed by atoms with E-state index in [0.717, 1.165) is 11.1 Å². The molecular formula is C13H23NO. The molecule has 0 unspecified atom stereocenters. The van der Waals surface area contributed by atoms with Crippen LogP contribution >= 0.6 is 0 Å². The Balaban J connectivity index is 0. The molecule has 0 spiro atoms. The van der Waals surface area contributed by atoms with Crippen molar-refractivity contribution in [2.24, 2.45) is 5.73 Å². The smallest absolute Gasteiger partial charge is 0.160 e. The Bertz CT molecular complexity index is 269. The largest absolute Gasteiger partial charge is 0.326 e. The summed E-state index contributed by atoms with van der Waals surface area (Å²) < 4.78 is 0. The lowest BCUT2D eigenvalue weighted by Gasteiger charge is -2.01. The fourth-order valence-corrected chi connectivity index (χ4v) is 1.04. The maximum atomic E-state index is 11.0. The van der Waals surface area contributed by atoms with Gasteiger partial charge in [0.25, 0.3) is 0 Å². The number of hydrogen-bond acceptors (Lipinski definition) is 2. The van der Waals surface area contributed by atoms with Gasteiger partial charge in [-0.2, -0.15) is 0 Å². The van der Waals surface area contributed by atoms with Crippen molar-refractivity contribution in [1.82, 2.24) is 0 Å². The van der Waals surface area contributed by atoms with Crippen molar-refractivity contribution >= 4 is 5.78 Å². The van der Waals surface area contributed by atoms with Gasteiger partial charge in [0.05, 0.1) is 0 Å². The van der Waals surface area contributed by atoms with Gasteiger partial charge < -0.3 is 5.73 Å². The first kappa shape index (κ1) is 16.3. The fourth-order valence-electron chi connectivity index (χ4n) is 1.04. The minimum absolute atomic E-state index is 0.0750. The second-order valence-electron chi connectivity index (χ2n) is 2.42. The lowest BCUT2D eigenvalue weighted by atomic mass is 10.1. The van der Waals surface area contributed by atoms with Crippen LogP contribution in [0.25, 0.3) is 0 Å². The molecule has 0 heterocycles. The summed E-state index contributed by atoms with van der Waals surface area (Å²) in [5.41, 5.74) is 7.08. The molecule has 0 amide bonds. The predicted molar refractivity (Wildman–Crippen MR) is 67.0 cm³/mol. The summed E-state index contributed by atoms with van der Waals surface area (Å²) in [4.78, 5) is 11.0. The van der Waals surface area contributed by atoms with E-state index in [4.69, 9.17) is 5.73 Å². The van der Waals surface area contributed by atoms with E-state index >= 15 is 0 Å². The zero-order valence-electron chi connectivity index (χ0n) is 10.5. The molecule has 0 saturated heterocycles. The van der Waals surface area contributed by atoms with Gasteiger partial charge in [0, 0.05) is 12.1 Å². The number of benzene rings is 1. The summed E-state index contributed by atoms with van der Waals surface area (Å²) >= 11 is 0. The molecule has 0 bridgehead atoms. The summed E-state index contributed by atoms with van der Waals surface area (Å²) in [5, 5.41) is 0. The summed E-state index contributed by atoms with van der Waals surface area (Å²) in [5.74, 6) is 0.0750. The molecule has 1 aromatic carbocycles. The van der Waals surface area contributed by atoms with Crippen LogP contribution in [-0.2, 0) is 6.54 Å². The van der Waals surface area contributed by atoms with Crippen LogP contribution in [0.5, 0.6) is 0 Å². The molecule has 0 aromatic heterocycles. The Morgan fingerprint density at radius 3 is 1.93 bits per heavy atom. The van der Waals surface area contributed by atoms with Crippen molar-refractivity contribution in [3.8, 4) is 0 Å². The highest BCUT2D eigenvalue weighted by molar-refractivity contribution is 5.95. The van der Waals surface area contributed by atoms with E-state index in [1.165, 1.54) is 0 Å². The van der Waals surface area contributed by atoms with E-state index in [2.05, 4.69) is 0 Å². The van der Waals surface area contributed by atoms with Crippen LogP contribution < -0.4 is 5.73 Å². The number of rotatable bonds is 2. The molecule has 0 atom stereocenters. The standard InChI is InChI=1S/C9H11NO.2C2H6/c1-7(11)9-5-3-2-4-8(9)6-10;2*1-2/h2-5H,6,10H2,1H3;2*1-2H3. The Morgan fingerprint density at radius 1 is 1.13 bits per heavy atom. The third-order valence-corrected chi connectivity index (χ3v) is 1.62. The van der Waals surface area contributed by atoms with E-state index in [9.17, 15) is 4.79 Å². The quantitative estimate of drug-likeness (QED) is 0.759. The van der Waals surface area contributed by atoms with Gasteiger partial charge in [-0.1, -0.05) is 52.0 Å². The molecule has 0 saturated carbocycles. The molecule has 2 nitrogen and oxygen atoms in total. The van der Waals surface area contributed by atoms with Gasteiger partial charge in [-0.15, -0.1) is 0 Å². The minimum Gasteiger partial charge on any atom is -0.326 e. The zero-order chi connectivity index (χ0) is 12.3. The van der Waals surface area contributed by atoms with Crippen LogP contribution in [0.4, 0.5) is 0 Å². The summed E-state index contributed by atoms with van der Waals surface area (Å²) in [7, 11) is 0. The molecule has 0 aliphatic carbocycles. The normalized spacial score (nSPS) is 7.87. The second-order valence-corrected chi connectivity index (χ2v) is 2.42. The average molecular weight is 209 g/mol. The monoisotopic (exact) mass is 209 g/mol. The van der Waals surface area contributed by atoms with Crippen LogP contribution in [0.15, 0.2) is 24.3 Å². The van der Waals surface area contributed by atoms with Gasteiger partial charge in [0.1, 0.15) is 0 Å². The Kier molecular flexibility index (Phi) is 11.9. The van der Waals surface area contributed by atoms with Gasteiger partial charge in [-0.05, 0) is 12.5 Å². The summed E-state index contributed by atoms with van der Waals surface area (Å²) in [6, 6.07) is 7.39. The number of hydrogen-bond donors (Lipinski definition) is 1. The first-order valence-corrected chi connectivity index (χ1v) is 5.54. The maximum absolute atomic E-state index is 11.0. The van der Waals surface area contributed by atoms with Crippen molar-refractivity contribution in [1.29, 1.82) is 0 Å². The molecule has 0 radical (unpaired) electrons. The zero-order valence-corrected chi connectivity index (χ0v) is 10.5. The van der Waals surface area contributed by atoms with Crippen molar-refractivity contribution in [2.45, 2.75) is 41.2 Å². The lowest BCUT2D eigenvalue weighted by Crippen LogP contribution is -2.04. The van der Waals surface area contributed by atoms with Gasteiger partial charge in [0.2, 0.25) is 0 Å². The Labute approximate surface area is 93.5 Å². The van der Waals surface area contributed by atoms with Gasteiger partial charge in [-0.3, -0.25) is 4.79 Å². The maximum Gasteiger partial charge on any atom is 0.160 e. The van der Waals surface area contributed by atoms with Crippen LogP contribution in [0, 0.1) is 0 Å². The van der Waals surface area contributed by atoms with Crippen LogP contribution in [-0.4, -0.2) is 5.78 Å². The highest BCUT2D eigenvalue weighted by Gasteiger charge is 2.02. The summed E-state index contributed by atoms with van der Waals surface area (Å²) in [6.07, 6.45) is 0. The molecule has 2 N–H and O–H groups in total. The summed E-state index contributed by atoms with van der Waals surface area (Å²) in [6.45, 7) is 9.98. The van der Waals surface area contributed by atoms with Crippen molar-refractivity contribution < 1.29 is 4.79 Å². The molecule has 86 valence electrons. The third-order valence-electron chi connectivity index (χ3n) is 1.62. The van der Waals surface area contributed by atoms with E-state index in [1.807, 2.05) is 45.9 Å². The lowest BCUT2D eigenvalue weighted by molar-refractivity contribution is 0.101.